The van der Waals surface area contributed by atoms with Crippen molar-refractivity contribution in [1.82, 2.24) is 15.1 Å². The average molecular weight is 384 g/mol. The lowest BCUT2D eigenvalue weighted by Crippen LogP contribution is -2.51. The monoisotopic (exact) mass is 383 g/mol. The van der Waals surface area contributed by atoms with Gasteiger partial charge in [-0.1, -0.05) is 13.0 Å². The van der Waals surface area contributed by atoms with Crippen molar-refractivity contribution in [2.75, 3.05) is 44.2 Å². The summed E-state index contributed by atoms with van der Waals surface area (Å²) in [5.41, 5.74) is 0.539. The average Bonchev–Trinajstić information content (AvgIpc) is 2.65. The standard InChI is InChI=1S/C19H27F2N3OS/c1-2-18(16-4-3-14(20)11-17(16)21)23-6-8-24(9-7-23)19(25)12-15-13-26-10-5-22-15/h3-4,11,15,18,22H,2,5-10,12-13H2,1H3. The number of hydrogen-bond acceptors (Lipinski definition) is 4. The molecule has 2 saturated heterocycles. The van der Waals surface area contributed by atoms with Crippen molar-refractivity contribution in [1.29, 1.82) is 0 Å². The Hall–Kier alpha value is -1.18. The van der Waals surface area contributed by atoms with Crippen LogP contribution in [0.25, 0.3) is 0 Å². The minimum atomic E-state index is -0.550. The molecule has 2 aliphatic rings. The Balaban J connectivity index is 1.55. The molecule has 3 rings (SSSR count). The van der Waals surface area contributed by atoms with E-state index in [0.717, 1.165) is 30.5 Å². The molecule has 2 unspecified atom stereocenters. The number of rotatable bonds is 5. The SMILES string of the molecule is CCC(c1ccc(F)cc1F)N1CCN(C(=O)CC2CSCCN2)CC1. The summed E-state index contributed by atoms with van der Waals surface area (Å²) >= 11 is 1.90. The maximum atomic E-state index is 14.2. The summed E-state index contributed by atoms with van der Waals surface area (Å²) in [6.45, 7) is 5.74. The summed E-state index contributed by atoms with van der Waals surface area (Å²) in [4.78, 5) is 16.7. The fourth-order valence-corrected chi connectivity index (χ4v) is 4.77. The first-order valence-electron chi connectivity index (χ1n) is 9.36. The Labute approximate surface area is 158 Å². The van der Waals surface area contributed by atoms with Gasteiger partial charge in [-0.2, -0.15) is 11.8 Å². The van der Waals surface area contributed by atoms with Crippen molar-refractivity contribution in [3.63, 3.8) is 0 Å². The van der Waals surface area contributed by atoms with Crippen LogP contribution in [0.4, 0.5) is 8.78 Å². The molecule has 1 amide bonds. The van der Waals surface area contributed by atoms with Gasteiger partial charge in [0.15, 0.2) is 0 Å². The van der Waals surface area contributed by atoms with Crippen molar-refractivity contribution in [2.24, 2.45) is 0 Å². The molecule has 2 atom stereocenters. The van der Waals surface area contributed by atoms with E-state index in [1.54, 1.807) is 6.07 Å². The summed E-state index contributed by atoms with van der Waals surface area (Å²) in [7, 11) is 0. The Kier molecular flexibility index (Phi) is 6.89. The molecule has 7 heteroatoms. The summed E-state index contributed by atoms with van der Waals surface area (Å²) < 4.78 is 27.4. The first kappa shape index (κ1) is 19.6. The van der Waals surface area contributed by atoms with Crippen LogP contribution in [0.5, 0.6) is 0 Å². The zero-order valence-corrected chi connectivity index (χ0v) is 16.0. The van der Waals surface area contributed by atoms with Gasteiger partial charge in [0.05, 0.1) is 0 Å². The van der Waals surface area contributed by atoms with Crippen molar-refractivity contribution >= 4 is 17.7 Å². The number of hydrogen-bond donors (Lipinski definition) is 1. The number of thioether (sulfide) groups is 1. The van der Waals surface area contributed by atoms with E-state index in [1.165, 1.54) is 6.07 Å². The smallest absolute Gasteiger partial charge is 0.224 e. The molecule has 144 valence electrons. The molecule has 1 N–H and O–H groups in total. The van der Waals surface area contributed by atoms with Crippen LogP contribution in [-0.4, -0.2) is 66.0 Å². The predicted molar refractivity (Wildman–Crippen MR) is 101 cm³/mol. The van der Waals surface area contributed by atoms with Crippen LogP contribution in [0.2, 0.25) is 0 Å². The Morgan fingerprint density at radius 3 is 2.69 bits per heavy atom. The third-order valence-electron chi connectivity index (χ3n) is 5.24. The number of carbonyl (C=O) groups excluding carboxylic acids is 1. The van der Waals surface area contributed by atoms with Gasteiger partial charge in [-0.3, -0.25) is 9.69 Å². The van der Waals surface area contributed by atoms with Crippen LogP contribution in [-0.2, 0) is 4.79 Å². The predicted octanol–water partition coefficient (Wildman–Crippen LogP) is 2.66. The third kappa shape index (κ3) is 4.75. The number of nitrogens with one attached hydrogen (secondary N) is 1. The first-order chi connectivity index (χ1) is 12.6. The molecule has 0 spiro atoms. The Bertz CT molecular complexity index is 617. The first-order valence-corrected chi connectivity index (χ1v) is 10.5. The number of nitrogens with zero attached hydrogens (tertiary/aromatic N) is 2. The molecular formula is C19H27F2N3OS. The van der Waals surface area contributed by atoms with E-state index in [1.807, 2.05) is 23.6 Å². The van der Waals surface area contributed by atoms with Crippen molar-refractivity contribution in [2.45, 2.75) is 31.8 Å². The third-order valence-corrected chi connectivity index (χ3v) is 6.37. The quantitative estimate of drug-likeness (QED) is 0.848. The van der Waals surface area contributed by atoms with Crippen molar-refractivity contribution < 1.29 is 13.6 Å². The highest BCUT2D eigenvalue weighted by Gasteiger charge is 2.28. The van der Waals surface area contributed by atoms with E-state index in [9.17, 15) is 13.6 Å². The molecule has 2 aliphatic heterocycles. The van der Waals surface area contributed by atoms with Gasteiger partial charge < -0.3 is 10.2 Å². The Morgan fingerprint density at radius 2 is 2.08 bits per heavy atom. The van der Waals surface area contributed by atoms with Gasteiger partial charge in [-0.15, -0.1) is 0 Å². The van der Waals surface area contributed by atoms with Crippen LogP contribution in [0, 0.1) is 11.6 Å². The van der Waals surface area contributed by atoms with E-state index in [4.69, 9.17) is 0 Å². The molecule has 0 radical (unpaired) electrons. The fraction of sp³-hybridized carbons (Fsp3) is 0.632. The lowest BCUT2D eigenvalue weighted by Gasteiger charge is -2.40. The molecule has 2 fully saturated rings. The lowest BCUT2D eigenvalue weighted by molar-refractivity contribution is -0.133. The molecule has 26 heavy (non-hydrogen) atoms. The van der Waals surface area contributed by atoms with Crippen molar-refractivity contribution in [3.05, 3.63) is 35.4 Å². The summed E-state index contributed by atoms with van der Waals surface area (Å²) in [6, 6.07) is 4.01. The van der Waals surface area contributed by atoms with Crippen molar-refractivity contribution in [3.8, 4) is 0 Å². The van der Waals surface area contributed by atoms with Crippen LogP contribution < -0.4 is 5.32 Å². The maximum absolute atomic E-state index is 14.2. The summed E-state index contributed by atoms with van der Waals surface area (Å²) in [6.07, 6.45) is 1.30. The second kappa shape index (κ2) is 9.15. The number of amides is 1. The highest BCUT2D eigenvalue weighted by atomic mass is 32.2. The fourth-order valence-electron chi connectivity index (χ4n) is 3.82. The number of benzene rings is 1. The molecule has 0 bridgehead atoms. The van der Waals surface area contributed by atoms with Gasteiger partial charge in [-0.05, 0) is 12.5 Å². The van der Waals surface area contributed by atoms with E-state index >= 15 is 0 Å². The van der Waals surface area contributed by atoms with Gasteiger partial charge in [0, 0.05) is 74.4 Å². The largest absolute Gasteiger partial charge is 0.340 e. The van der Waals surface area contributed by atoms with Crippen LogP contribution in [0.15, 0.2) is 18.2 Å². The summed E-state index contributed by atoms with van der Waals surface area (Å²) in [5, 5.41) is 3.41. The topological polar surface area (TPSA) is 35.6 Å². The molecule has 0 aromatic heterocycles. The van der Waals surface area contributed by atoms with Gasteiger partial charge in [0.1, 0.15) is 11.6 Å². The number of halogens is 2. The highest BCUT2D eigenvalue weighted by Crippen LogP contribution is 2.28. The van der Waals surface area contributed by atoms with E-state index in [0.29, 0.717) is 38.2 Å². The van der Waals surface area contributed by atoms with E-state index in [-0.39, 0.29) is 18.0 Å². The molecular weight excluding hydrogens is 356 g/mol. The minimum absolute atomic E-state index is 0.0794. The highest BCUT2D eigenvalue weighted by molar-refractivity contribution is 7.99. The number of carbonyl (C=O) groups is 1. The summed E-state index contributed by atoms with van der Waals surface area (Å²) in [5.74, 6) is 1.27. The molecule has 4 nitrogen and oxygen atoms in total. The molecule has 1 aromatic carbocycles. The molecule has 0 aliphatic carbocycles. The second-order valence-electron chi connectivity index (χ2n) is 6.94. The van der Waals surface area contributed by atoms with E-state index < -0.39 is 11.6 Å². The Morgan fingerprint density at radius 1 is 1.31 bits per heavy atom. The minimum Gasteiger partial charge on any atom is -0.340 e. The second-order valence-corrected chi connectivity index (χ2v) is 8.09. The van der Waals surface area contributed by atoms with E-state index in [2.05, 4.69) is 10.2 Å². The lowest BCUT2D eigenvalue weighted by atomic mass is 10.0. The van der Waals surface area contributed by atoms with Gasteiger partial charge in [0.2, 0.25) is 5.91 Å². The zero-order valence-electron chi connectivity index (χ0n) is 15.2. The normalized spacial score (nSPS) is 23.0. The van der Waals surface area contributed by atoms with Gasteiger partial charge in [0.25, 0.3) is 0 Å². The van der Waals surface area contributed by atoms with Crippen LogP contribution in [0.3, 0.4) is 0 Å². The zero-order chi connectivity index (χ0) is 18.5. The van der Waals surface area contributed by atoms with Crippen LogP contribution >= 0.6 is 11.8 Å². The van der Waals surface area contributed by atoms with Gasteiger partial charge >= 0.3 is 0 Å². The van der Waals surface area contributed by atoms with Gasteiger partial charge in [-0.25, -0.2) is 8.78 Å². The molecule has 2 heterocycles. The number of piperazine rings is 1. The molecule has 1 aromatic rings. The molecule has 0 saturated carbocycles. The van der Waals surface area contributed by atoms with Crippen LogP contribution in [0.1, 0.15) is 31.4 Å². The maximum Gasteiger partial charge on any atom is 0.224 e.